The average Bonchev–Trinajstić information content (AvgIpc) is 3.34. The van der Waals surface area contributed by atoms with Crippen molar-refractivity contribution in [2.75, 3.05) is 19.5 Å². The second-order valence-electron chi connectivity index (χ2n) is 7.14. The number of rotatable bonds is 7. The number of thiazole rings is 1. The van der Waals surface area contributed by atoms with Crippen molar-refractivity contribution in [2.45, 2.75) is 36.1 Å². The van der Waals surface area contributed by atoms with Crippen LogP contribution in [0.1, 0.15) is 42.8 Å². The van der Waals surface area contributed by atoms with Crippen LogP contribution in [0.25, 0.3) is 0 Å². The molecule has 1 amide bonds. The Balaban J connectivity index is 1.63. The zero-order valence-electron chi connectivity index (χ0n) is 16.9. The maximum Gasteiger partial charge on any atom is 0.261 e. The van der Waals surface area contributed by atoms with E-state index in [4.69, 9.17) is 13.9 Å². The minimum Gasteiger partial charge on any atom is -0.493 e. The van der Waals surface area contributed by atoms with E-state index in [0.29, 0.717) is 33.8 Å². The third-order valence-electron chi connectivity index (χ3n) is 3.98. The van der Waals surface area contributed by atoms with Crippen molar-refractivity contribution in [1.29, 1.82) is 0 Å². The summed E-state index contributed by atoms with van der Waals surface area (Å²) in [5.41, 5.74) is 0.310. The Bertz CT molecular complexity index is 992. The van der Waals surface area contributed by atoms with Crippen LogP contribution < -0.4 is 14.8 Å². The van der Waals surface area contributed by atoms with E-state index in [-0.39, 0.29) is 11.3 Å². The number of aromatic nitrogens is 2. The molecule has 9 heteroatoms. The fraction of sp³-hybridized carbons (Fsp3) is 0.350. The van der Waals surface area contributed by atoms with Gasteiger partial charge >= 0.3 is 0 Å². The predicted molar refractivity (Wildman–Crippen MR) is 114 cm³/mol. The van der Waals surface area contributed by atoms with Gasteiger partial charge in [-0.2, -0.15) is 0 Å². The molecule has 0 radical (unpaired) electrons. The van der Waals surface area contributed by atoms with E-state index in [1.165, 1.54) is 25.6 Å². The van der Waals surface area contributed by atoms with Crippen molar-refractivity contribution in [3.63, 3.8) is 0 Å². The number of oxazole rings is 1. The Labute approximate surface area is 177 Å². The molecule has 0 saturated carbocycles. The number of amides is 1. The van der Waals surface area contributed by atoms with E-state index in [2.05, 4.69) is 36.1 Å². The summed E-state index contributed by atoms with van der Waals surface area (Å²) in [6.07, 6.45) is 3.50. The van der Waals surface area contributed by atoms with Crippen LogP contribution in [0.2, 0.25) is 0 Å². The molecule has 0 aliphatic heterocycles. The first kappa shape index (κ1) is 21.2. The topological polar surface area (TPSA) is 86.5 Å². The van der Waals surface area contributed by atoms with Crippen LogP contribution in [0, 0.1) is 0 Å². The molecule has 29 heavy (non-hydrogen) atoms. The second kappa shape index (κ2) is 8.87. The van der Waals surface area contributed by atoms with Gasteiger partial charge in [-0.1, -0.05) is 38.2 Å². The van der Waals surface area contributed by atoms with Crippen molar-refractivity contribution in [2.24, 2.45) is 0 Å². The van der Waals surface area contributed by atoms with Gasteiger partial charge in [0, 0.05) is 5.41 Å². The number of hydrogen-bond donors (Lipinski definition) is 1. The molecule has 0 saturated heterocycles. The van der Waals surface area contributed by atoms with Gasteiger partial charge in [-0.25, -0.2) is 9.97 Å². The molecule has 2 aromatic heterocycles. The van der Waals surface area contributed by atoms with Gasteiger partial charge in [-0.15, -0.1) is 11.8 Å². The number of nitrogens with zero attached hydrogens (tertiary/aromatic N) is 2. The number of nitrogens with one attached hydrogen (secondary N) is 1. The molecule has 7 nitrogen and oxygen atoms in total. The van der Waals surface area contributed by atoms with Crippen molar-refractivity contribution >= 4 is 34.1 Å². The van der Waals surface area contributed by atoms with Gasteiger partial charge in [0.25, 0.3) is 5.91 Å². The average molecular weight is 434 g/mol. The highest BCUT2D eigenvalue weighted by Crippen LogP contribution is 2.34. The third-order valence-corrected chi connectivity index (χ3v) is 6.08. The maximum atomic E-state index is 12.6. The first-order valence-corrected chi connectivity index (χ1v) is 10.7. The van der Waals surface area contributed by atoms with Gasteiger partial charge in [0.05, 0.1) is 42.1 Å². The van der Waals surface area contributed by atoms with Crippen molar-refractivity contribution in [1.82, 2.24) is 9.97 Å². The molecule has 0 unspecified atom stereocenters. The lowest BCUT2D eigenvalue weighted by Crippen LogP contribution is -2.13. The molecule has 0 aliphatic rings. The molecule has 154 valence electrons. The molecule has 0 fully saturated rings. The number of ether oxygens (including phenoxy) is 2. The van der Waals surface area contributed by atoms with Crippen LogP contribution >= 0.6 is 23.1 Å². The molecule has 0 spiro atoms. The first-order valence-electron chi connectivity index (χ1n) is 8.88. The molecule has 3 aromatic rings. The lowest BCUT2D eigenvalue weighted by atomic mass is 9.94. The van der Waals surface area contributed by atoms with Gasteiger partial charge in [0.2, 0.25) is 5.89 Å². The Kier molecular flexibility index (Phi) is 6.49. The van der Waals surface area contributed by atoms with Gasteiger partial charge < -0.3 is 13.9 Å². The highest BCUT2D eigenvalue weighted by molar-refractivity contribution is 8.00. The molecule has 2 heterocycles. The fourth-order valence-corrected chi connectivity index (χ4v) is 4.19. The highest BCUT2D eigenvalue weighted by Gasteiger charge is 2.20. The molecule has 1 N–H and O–H groups in total. The largest absolute Gasteiger partial charge is 0.493 e. The van der Waals surface area contributed by atoms with E-state index in [9.17, 15) is 4.79 Å². The van der Waals surface area contributed by atoms with Crippen LogP contribution in [0.5, 0.6) is 11.5 Å². The van der Waals surface area contributed by atoms with Gasteiger partial charge in [0.15, 0.2) is 16.6 Å². The molecule has 1 aromatic carbocycles. The number of benzene rings is 1. The van der Waals surface area contributed by atoms with Crippen LogP contribution in [0.15, 0.2) is 39.2 Å². The number of carbonyl (C=O) groups is 1. The number of anilines is 1. The number of thioether (sulfide) groups is 1. The first-order chi connectivity index (χ1) is 13.8. The monoisotopic (exact) mass is 433 g/mol. The minimum atomic E-state index is -0.311. The smallest absolute Gasteiger partial charge is 0.261 e. The van der Waals surface area contributed by atoms with E-state index in [0.717, 1.165) is 9.97 Å². The van der Waals surface area contributed by atoms with Crippen LogP contribution in [0.3, 0.4) is 0 Å². The molecule has 0 aliphatic carbocycles. The number of para-hydroxylation sites is 1. The Morgan fingerprint density at radius 2 is 2.00 bits per heavy atom. The maximum absolute atomic E-state index is 12.6. The number of hydrogen-bond acceptors (Lipinski definition) is 8. The molecule has 3 rings (SSSR count). The molecule has 0 bridgehead atoms. The lowest BCUT2D eigenvalue weighted by molar-refractivity contribution is 0.102. The van der Waals surface area contributed by atoms with E-state index >= 15 is 0 Å². The summed E-state index contributed by atoms with van der Waals surface area (Å²) in [7, 11) is 3.03. The minimum absolute atomic E-state index is 0.0704. The Morgan fingerprint density at radius 1 is 1.21 bits per heavy atom. The quantitative estimate of drug-likeness (QED) is 0.525. The standard InChI is InChI=1S/C20H23N3O4S2/c1-20(2,3)14-9-21-15(27-14)11-28-16-10-22-19(29-16)23-18(24)12-7-6-8-13(25-4)17(12)26-5/h6-10H,11H2,1-5H3,(H,22,23,24). The van der Waals surface area contributed by atoms with Crippen LogP contribution in [-0.4, -0.2) is 30.1 Å². The van der Waals surface area contributed by atoms with E-state index in [1.54, 1.807) is 42.4 Å². The van der Waals surface area contributed by atoms with E-state index in [1.807, 2.05) is 0 Å². The molecule has 0 atom stereocenters. The van der Waals surface area contributed by atoms with Crippen molar-refractivity contribution < 1.29 is 18.7 Å². The second-order valence-corrected chi connectivity index (χ2v) is 9.44. The summed E-state index contributed by atoms with van der Waals surface area (Å²) >= 11 is 2.95. The number of carbonyl (C=O) groups excluding carboxylic acids is 1. The highest BCUT2D eigenvalue weighted by atomic mass is 32.2. The SMILES string of the molecule is COc1cccc(C(=O)Nc2ncc(SCc3ncc(C(C)(C)C)o3)s2)c1OC. The van der Waals surface area contributed by atoms with Gasteiger partial charge in [-0.05, 0) is 12.1 Å². The zero-order chi connectivity index (χ0) is 21.0. The van der Waals surface area contributed by atoms with Crippen molar-refractivity contribution in [3.8, 4) is 11.5 Å². The summed E-state index contributed by atoms with van der Waals surface area (Å²) in [6.45, 7) is 6.25. The summed E-state index contributed by atoms with van der Waals surface area (Å²) in [6, 6.07) is 5.15. The normalized spacial score (nSPS) is 11.3. The zero-order valence-corrected chi connectivity index (χ0v) is 18.6. The summed E-state index contributed by atoms with van der Waals surface area (Å²) in [4.78, 5) is 21.2. The van der Waals surface area contributed by atoms with E-state index < -0.39 is 0 Å². The number of methoxy groups -OCH3 is 2. The Morgan fingerprint density at radius 3 is 2.66 bits per heavy atom. The lowest BCUT2D eigenvalue weighted by Gasteiger charge is -2.12. The Hall–Kier alpha value is -2.52. The molecular weight excluding hydrogens is 410 g/mol. The van der Waals surface area contributed by atoms with Gasteiger partial charge in [-0.3, -0.25) is 10.1 Å². The summed E-state index contributed by atoms with van der Waals surface area (Å²) in [5.74, 6) is 2.69. The third kappa shape index (κ3) is 5.10. The fourth-order valence-electron chi connectivity index (χ4n) is 2.47. The summed E-state index contributed by atoms with van der Waals surface area (Å²) in [5, 5.41) is 3.31. The molecular formula is C20H23N3O4S2. The van der Waals surface area contributed by atoms with Crippen LogP contribution in [-0.2, 0) is 11.2 Å². The van der Waals surface area contributed by atoms with Gasteiger partial charge in [0.1, 0.15) is 5.76 Å². The summed E-state index contributed by atoms with van der Waals surface area (Å²) < 4.78 is 17.3. The van der Waals surface area contributed by atoms with Crippen LogP contribution in [0.4, 0.5) is 5.13 Å². The van der Waals surface area contributed by atoms with Crippen molar-refractivity contribution in [3.05, 3.63) is 47.8 Å². The predicted octanol–water partition coefficient (Wildman–Crippen LogP) is 4.99.